The van der Waals surface area contributed by atoms with E-state index < -0.39 is 6.36 Å². The zero-order valence-electron chi connectivity index (χ0n) is 17.4. The molecule has 0 spiro atoms. The van der Waals surface area contributed by atoms with Gasteiger partial charge in [0.05, 0.1) is 17.6 Å². The van der Waals surface area contributed by atoms with Crippen LogP contribution in [-0.2, 0) is 4.79 Å². The Morgan fingerprint density at radius 3 is 2.34 bits per heavy atom. The first kappa shape index (κ1) is 22.3. The lowest BCUT2D eigenvalue weighted by Crippen LogP contribution is -2.29. The maximum atomic E-state index is 12.5. The summed E-state index contributed by atoms with van der Waals surface area (Å²) in [7, 11) is 0. The van der Waals surface area contributed by atoms with E-state index in [1.54, 1.807) is 18.3 Å². The minimum Gasteiger partial charge on any atom is -0.406 e. The van der Waals surface area contributed by atoms with Crippen LogP contribution in [0.4, 0.5) is 13.2 Å². The topological polar surface area (TPSA) is 47.4 Å². The molecule has 3 aromatic rings. The van der Waals surface area contributed by atoms with Gasteiger partial charge >= 0.3 is 6.36 Å². The van der Waals surface area contributed by atoms with Gasteiger partial charge in [0, 0.05) is 24.3 Å². The smallest absolute Gasteiger partial charge is 0.406 e. The fourth-order valence-electron chi connectivity index (χ4n) is 3.60. The number of nitrogens with zero attached hydrogens (tertiary/aromatic N) is 3. The molecule has 9 heteroatoms. The number of carbonyl (C=O) groups is 1. The molecule has 0 radical (unpaired) electrons. The van der Waals surface area contributed by atoms with E-state index in [9.17, 15) is 18.0 Å². The van der Waals surface area contributed by atoms with Crippen LogP contribution in [0.15, 0.2) is 59.9 Å². The van der Waals surface area contributed by atoms with Crippen LogP contribution in [0, 0.1) is 6.92 Å². The van der Waals surface area contributed by atoms with Crippen molar-refractivity contribution in [1.29, 1.82) is 0 Å². The molecule has 1 amide bonds. The lowest BCUT2D eigenvalue weighted by Gasteiger charge is -2.16. The number of imidazole rings is 1. The molecule has 1 fully saturated rings. The number of carbonyl (C=O) groups excluding carboxylic acids is 1. The van der Waals surface area contributed by atoms with Crippen molar-refractivity contribution in [3.05, 3.63) is 60.3 Å². The molecule has 2 heterocycles. The lowest BCUT2D eigenvalue weighted by atomic mass is 10.1. The van der Waals surface area contributed by atoms with Crippen LogP contribution in [0.2, 0.25) is 0 Å². The van der Waals surface area contributed by atoms with Crippen molar-refractivity contribution in [2.45, 2.75) is 31.3 Å². The standard InChI is InChI=1S/C23H22F3N3O2S/c1-16-4-6-17(7-5-16)20-14-27-22(32-15-21(30)28-12-2-3-13-28)29(20)18-8-10-19(11-9-18)31-23(24,25)26/h4-11,14H,2-3,12-13,15H2,1H3. The molecule has 1 aliphatic heterocycles. The first-order chi connectivity index (χ1) is 15.3. The molecule has 1 aromatic heterocycles. The Morgan fingerprint density at radius 2 is 1.72 bits per heavy atom. The molecule has 0 unspecified atom stereocenters. The third kappa shape index (κ3) is 5.27. The van der Waals surface area contributed by atoms with Crippen molar-refractivity contribution < 1.29 is 22.7 Å². The Labute approximate surface area is 188 Å². The molecule has 2 aromatic carbocycles. The third-order valence-electron chi connectivity index (χ3n) is 5.19. The minimum absolute atomic E-state index is 0.0628. The average molecular weight is 462 g/mol. The number of aryl methyl sites for hydroxylation is 1. The highest BCUT2D eigenvalue weighted by Gasteiger charge is 2.31. The Balaban J connectivity index is 1.64. The normalized spacial score (nSPS) is 14.1. The monoisotopic (exact) mass is 461 g/mol. The SMILES string of the molecule is Cc1ccc(-c2cnc(SCC(=O)N3CCCC3)n2-c2ccc(OC(F)(F)F)cc2)cc1. The van der Waals surface area contributed by atoms with Crippen LogP contribution in [-0.4, -0.2) is 45.6 Å². The summed E-state index contributed by atoms with van der Waals surface area (Å²) in [6.07, 6.45) is -0.988. The second-order valence-corrected chi connectivity index (χ2v) is 8.49. The molecule has 1 aliphatic rings. The number of likely N-dealkylation sites (tertiary alicyclic amines) is 1. The van der Waals surface area contributed by atoms with Crippen LogP contribution in [0.25, 0.3) is 16.9 Å². The van der Waals surface area contributed by atoms with Gasteiger partial charge in [0.2, 0.25) is 5.91 Å². The zero-order valence-corrected chi connectivity index (χ0v) is 18.2. The third-order valence-corrected chi connectivity index (χ3v) is 6.13. The number of hydrogen-bond acceptors (Lipinski definition) is 4. The van der Waals surface area contributed by atoms with E-state index in [2.05, 4.69) is 9.72 Å². The number of aromatic nitrogens is 2. The number of benzene rings is 2. The van der Waals surface area contributed by atoms with Gasteiger partial charge in [-0.2, -0.15) is 0 Å². The van der Waals surface area contributed by atoms with Crippen molar-refractivity contribution >= 4 is 17.7 Å². The van der Waals surface area contributed by atoms with Crippen LogP contribution in [0.5, 0.6) is 5.75 Å². The van der Waals surface area contributed by atoms with Gasteiger partial charge < -0.3 is 9.64 Å². The van der Waals surface area contributed by atoms with Gasteiger partial charge in [-0.3, -0.25) is 9.36 Å². The Bertz CT molecular complexity index is 1070. The predicted molar refractivity (Wildman–Crippen MR) is 117 cm³/mol. The first-order valence-electron chi connectivity index (χ1n) is 10.2. The fraction of sp³-hybridized carbons (Fsp3) is 0.304. The molecule has 0 N–H and O–H groups in total. The van der Waals surface area contributed by atoms with Gasteiger partial charge in [0.25, 0.3) is 0 Å². The maximum Gasteiger partial charge on any atom is 0.573 e. The molecule has 0 atom stereocenters. The van der Waals surface area contributed by atoms with E-state index in [1.165, 1.54) is 23.9 Å². The predicted octanol–water partition coefficient (Wildman–Crippen LogP) is 5.46. The molecule has 5 nitrogen and oxygen atoms in total. The molecule has 0 saturated carbocycles. The average Bonchev–Trinajstić information content (AvgIpc) is 3.42. The van der Waals surface area contributed by atoms with Crippen molar-refractivity contribution in [2.75, 3.05) is 18.8 Å². The fourth-order valence-corrected chi connectivity index (χ4v) is 4.49. The van der Waals surface area contributed by atoms with Gasteiger partial charge in [-0.05, 0) is 44.0 Å². The summed E-state index contributed by atoms with van der Waals surface area (Å²) in [5.41, 5.74) is 3.44. The summed E-state index contributed by atoms with van der Waals surface area (Å²) in [5, 5.41) is 0.595. The highest BCUT2D eigenvalue weighted by atomic mass is 32.2. The summed E-state index contributed by atoms with van der Waals surface area (Å²) in [5.74, 6) is 0.0177. The first-order valence-corrected chi connectivity index (χ1v) is 11.2. The number of rotatable bonds is 6. The summed E-state index contributed by atoms with van der Waals surface area (Å²) in [4.78, 5) is 18.9. The van der Waals surface area contributed by atoms with Crippen molar-refractivity contribution in [3.63, 3.8) is 0 Å². The molecule has 4 rings (SSSR count). The Kier molecular flexibility index (Phi) is 6.45. The summed E-state index contributed by atoms with van der Waals surface area (Å²) < 4.78 is 43.4. The van der Waals surface area contributed by atoms with E-state index in [4.69, 9.17) is 0 Å². The number of amides is 1. The zero-order chi connectivity index (χ0) is 22.7. The molecule has 32 heavy (non-hydrogen) atoms. The van der Waals surface area contributed by atoms with Crippen molar-refractivity contribution in [3.8, 4) is 22.7 Å². The number of ether oxygens (including phenoxy) is 1. The molecule has 1 saturated heterocycles. The number of thioether (sulfide) groups is 1. The van der Waals surface area contributed by atoms with Crippen LogP contribution in [0.3, 0.4) is 0 Å². The number of halogens is 3. The van der Waals surface area contributed by atoms with E-state index in [0.717, 1.165) is 42.8 Å². The highest BCUT2D eigenvalue weighted by molar-refractivity contribution is 7.99. The van der Waals surface area contributed by atoms with Gasteiger partial charge in [0.1, 0.15) is 5.75 Å². The van der Waals surface area contributed by atoms with Crippen LogP contribution >= 0.6 is 11.8 Å². The lowest BCUT2D eigenvalue weighted by molar-refractivity contribution is -0.274. The molecular formula is C23H22F3N3O2S. The second-order valence-electron chi connectivity index (χ2n) is 7.55. The maximum absolute atomic E-state index is 12.5. The number of alkyl halides is 3. The summed E-state index contributed by atoms with van der Waals surface area (Å²) in [6, 6.07) is 13.5. The van der Waals surface area contributed by atoms with Crippen molar-refractivity contribution in [1.82, 2.24) is 14.5 Å². The number of hydrogen-bond donors (Lipinski definition) is 0. The molecular weight excluding hydrogens is 439 g/mol. The van der Waals surface area contributed by atoms with Crippen LogP contribution in [0.1, 0.15) is 18.4 Å². The van der Waals surface area contributed by atoms with Gasteiger partial charge in [0.15, 0.2) is 5.16 Å². The largest absolute Gasteiger partial charge is 0.573 e. The second kappa shape index (κ2) is 9.28. The minimum atomic E-state index is -4.75. The van der Waals surface area contributed by atoms with Gasteiger partial charge in [-0.25, -0.2) is 4.98 Å². The molecule has 168 valence electrons. The Hall–Kier alpha value is -2.94. The van der Waals surface area contributed by atoms with Crippen LogP contribution < -0.4 is 4.74 Å². The van der Waals surface area contributed by atoms with E-state index in [0.29, 0.717) is 10.8 Å². The highest BCUT2D eigenvalue weighted by Crippen LogP contribution is 2.32. The summed E-state index contributed by atoms with van der Waals surface area (Å²) >= 11 is 1.32. The summed E-state index contributed by atoms with van der Waals surface area (Å²) in [6.45, 7) is 3.55. The van der Waals surface area contributed by atoms with Crippen molar-refractivity contribution in [2.24, 2.45) is 0 Å². The van der Waals surface area contributed by atoms with Gasteiger partial charge in [-0.15, -0.1) is 13.2 Å². The van der Waals surface area contributed by atoms with E-state index in [-0.39, 0.29) is 17.4 Å². The van der Waals surface area contributed by atoms with Gasteiger partial charge in [-0.1, -0.05) is 41.6 Å². The molecule has 0 bridgehead atoms. The van der Waals surface area contributed by atoms with E-state index >= 15 is 0 Å². The quantitative estimate of drug-likeness (QED) is 0.458. The molecule has 0 aliphatic carbocycles. The van der Waals surface area contributed by atoms with E-state index in [1.807, 2.05) is 40.7 Å². The Morgan fingerprint density at radius 1 is 1.06 bits per heavy atom.